The second-order valence-electron chi connectivity index (χ2n) is 7.27. The van der Waals surface area contributed by atoms with Crippen LogP contribution in [0.15, 0.2) is 57.9 Å². The van der Waals surface area contributed by atoms with E-state index in [1.807, 2.05) is 36.4 Å². The van der Waals surface area contributed by atoms with Crippen LogP contribution in [0.4, 0.5) is 5.69 Å². The molecule has 10 heteroatoms. The molecule has 2 heterocycles. The number of hydrogen-bond donors (Lipinski definition) is 1. The molecular formula is C23H19ClN4O3S2. The van der Waals surface area contributed by atoms with Crippen LogP contribution in [0.3, 0.4) is 0 Å². The summed E-state index contributed by atoms with van der Waals surface area (Å²) < 4.78 is 5.82. The molecule has 2 amide bonds. The van der Waals surface area contributed by atoms with E-state index in [2.05, 4.69) is 15.5 Å². The average molecular weight is 499 g/mol. The number of aryl methyl sites for hydroxylation is 1. The number of benzene rings is 2. The van der Waals surface area contributed by atoms with Crippen molar-refractivity contribution in [1.29, 1.82) is 0 Å². The van der Waals surface area contributed by atoms with Crippen molar-refractivity contribution in [2.45, 2.75) is 19.8 Å². The van der Waals surface area contributed by atoms with Crippen LogP contribution in [-0.2, 0) is 16.0 Å². The Labute approximate surface area is 205 Å². The standard InChI is InChI=1S/C23H19ClN4O3S2/c1-14-26-27-21(31-14)13-16-4-8-18(9-5-16)25-20(29)10-11-28-22(30)19(33-23(28)32)12-15-2-6-17(24)7-3-15/h2-9,12H,10-11,13H2,1H3,(H,25,29)/b19-12-. The number of anilines is 1. The van der Waals surface area contributed by atoms with Crippen LogP contribution in [0.1, 0.15) is 29.3 Å². The molecule has 1 saturated heterocycles. The molecule has 0 bridgehead atoms. The van der Waals surface area contributed by atoms with Gasteiger partial charge in [0.2, 0.25) is 17.7 Å². The van der Waals surface area contributed by atoms with Crippen molar-refractivity contribution in [3.8, 4) is 0 Å². The van der Waals surface area contributed by atoms with Crippen molar-refractivity contribution in [3.05, 3.63) is 81.4 Å². The monoisotopic (exact) mass is 498 g/mol. The maximum atomic E-state index is 12.7. The van der Waals surface area contributed by atoms with Gasteiger partial charge >= 0.3 is 0 Å². The van der Waals surface area contributed by atoms with Crippen LogP contribution in [0.5, 0.6) is 0 Å². The molecule has 1 aromatic heterocycles. The molecule has 0 saturated carbocycles. The summed E-state index contributed by atoms with van der Waals surface area (Å²) in [5.74, 6) is 0.660. The van der Waals surface area contributed by atoms with E-state index in [1.54, 1.807) is 25.1 Å². The van der Waals surface area contributed by atoms with Crippen molar-refractivity contribution < 1.29 is 14.0 Å². The second-order valence-corrected chi connectivity index (χ2v) is 9.38. The van der Waals surface area contributed by atoms with E-state index in [0.717, 1.165) is 11.1 Å². The van der Waals surface area contributed by atoms with Crippen LogP contribution in [0.2, 0.25) is 5.02 Å². The highest BCUT2D eigenvalue weighted by molar-refractivity contribution is 8.26. The molecule has 33 heavy (non-hydrogen) atoms. The van der Waals surface area contributed by atoms with Crippen LogP contribution >= 0.6 is 35.6 Å². The number of halogens is 1. The number of carbonyl (C=O) groups is 2. The van der Waals surface area contributed by atoms with E-state index in [9.17, 15) is 9.59 Å². The molecule has 1 N–H and O–H groups in total. The number of carbonyl (C=O) groups excluding carboxylic acids is 2. The van der Waals surface area contributed by atoms with Gasteiger partial charge in [0.25, 0.3) is 5.91 Å². The predicted molar refractivity (Wildman–Crippen MR) is 133 cm³/mol. The molecular weight excluding hydrogens is 480 g/mol. The maximum Gasteiger partial charge on any atom is 0.266 e. The Kier molecular flexibility index (Phi) is 7.22. The third kappa shape index (κ3) is 6.07. The van der Waals surface area contributed by atoms with E-state index >= 15 is 0 Å². The highest BCUT2D eigenvalue weighted by Gasteiger charge is 2.32. The van der Waals surface area contributed by atoms with E-state index in [-0.39, 0.29) is 24.8 Å². The Bertz CT molecular complexity index is 1220. The van der Waals surface area contributed by atoms with Gasteiger partial charge in [-0.2, -0.15) is 0 Å². The lowest BCUT2D eigenvalue weighted by Crippen LogP contribution is -2.31. The topological polar surface area (TPSA) is 88.3 Å². The minimum atomic E-state index is -0.203. The zero-order chi connectivity index (χ0) is 23.4. The number of nitrogens with one attached hydrogen (secondary N) is 1. The minimum Gasteiger partial charge on any atom is -0.425 e. The Balaban J connectivity index is 1.29. The van der Waals surface area contributed by atoms with Crippen molar-refractivity contribution in [2.75, 3.05) is 11.9 Å². The van der Waals surface area contributed by atoms with Crippen molar-refractivity contribution in [3.63, 3.8) is 0 Å². The minimum absolute atomic E-state index is 0.129. The zero-order valence-corrected chi connectivity index (χ0v) is 20.0. The summed E-state index contributed by atoms with van der Waals surface area (Å²) in [7, 11) is 0. The van der Waals surface area contributed by atoms with E-state index in [1.165, 1.54) is 16.7 Å². The van der Waals surface area contributed by atoms with Crippen LogP contribution in [0.25, 0.3) is 6.08 Å². The summed E-state index contributed by atoms with van der Waals surface area (Å²) in [5, 5.41) is 11.3. The molecule has 0 spiro atoms. The van der Waals surface area contributed by atoms with Gasteiger partial charge in [0, 0.05) is 30.6 Å². The Morgan fingerprint density at radius 1 is 1.18 bits per heavy atom. The summed E-state index contributed by atoms with van der Waals surface area (Å²) in [5.41, 5.74) is 2.51. The Morgan fingerprint density at radius 3 is 2.58 bits per heavy atom. The number of aromatic nitrogens is 2. The molecule has 7 nitrogen and oxygen atoms in total. The van der Waals surface area contributed by atoms with E-state index in [0.29, 0.717) is 38.1 Å². The summed E-state index contributed by atoms with van der Waals surface area (Å²) >= 11 is 12.5. The van der Waals surface area contributed by atoms with Crippen molar-refractivity contribution >= 4 is 63.5 Å². The SMILES string of the molecule is Cc1nnc(Cc2ccc(NC(=O)CCN3C(=O)/C(=C/c4ccc(Cl)cc4)SC3=S)cc2)o1. The van der Waals surface area contributed by atoms with Gasteiger partial charge in [0.1, 0.15) is 4.32 Å². The highest BCUT2D eigenvalue weighted by atomic mass is 35.5. The van der Waals surface area contributed by atoms with Crippen molar-refractivity contribution in [2.24, 2.45) is 0 Å². The van der Waals surface area contributed by atoms with Gasteiger partial charge in [-0.1, -0.05) is 59.8 Å². The Hall–Kier alpha value is -3.01. The molecule has 4 rings (SSSR count). The Morgan fingerprint density at radius 2 is 1.91 bits per heavy atom. The third-order valence-corrected chi connectivity index (χ3v) is 6.39. The summed E-state index contributed by atoms with van der Waals surface area (Å²) in [4.78, 5) is 27.1. The number of rotatable bonds is 7. The fourth-order valence-electron chi connectivity index (χ4n) is 3.13. The first kappa shape index (κ1) is 23.2. The molecule has 1 aliphatic heterocycles. The largest absolute Gasteiger partial charge is 0.425 e. The second kappa shape index (κ2) is 10.3. The average Bonchev–Trinajstić information content (AvgIpc) is 3.31. The fraction of sp³-hybridized carbons (Fsp3) is 0.174. The van der Waals surface area contributed by atoms with Crippen molar-refractivity contribution in [1.82, 2.24) is 15.1 Å². The number of hydrogen-bond acceptors (Lipinski definition) is 7. The summed E-state index contributed by atoms with van der Waals surface area (Å²) in [6.45, 7) is 1.95. The first-order chi connectivity index (χ1) is 15.9. The summed E-state index contributed by atoms with van der Waals surface area (Å²) in [6.07, 6.45) is 2.42. The molecule has 0 unspecified atom stereocenters. The molecule has 3 aromatic rings. The fourth-order valence-corrected chi connectivity index (χ4v) is 4.56. The highest BCUT2D eigenvalue weighted by Crippen LogP contribution is 2.32. The molecule has 0 radical (unpaired) electrons. The molecule has 2 aromatic carbocycles. The van der Waals surface area contributed by atoms with E-state index < -0.39 is 0 Å². The summed E-state index contributed by atoms with van der Waals surface area (Å²) in [6, 6.07) is 14.6. The predicted octanol–water partition coefficient (Wildman–Crippen LogP) is 4.85. The molecule has 1 aliphatic rings. The van der Waals surface area contributed by atoms with Crippen LogP contribution in [-0.4, -0.2) is 37.8 Å². The molecule has 0 aliphatic carbocycles. The van der Waals surface area contributed by atoms with Crippen LogP contribution in [0, 0.1) is 6.92 Å². The third-order valence-electron chi connectivity index (χ3n) is 4.76. The quantitative estimate of drug-likeness (QED) is 0.368. The number of amides is 2. The number of thiocarbonyl (C=S) groups is 1. The first-order valence-electron chi connectivity index (χ1n) is 10.1. The van der Waals surface area contributed by atoms with Gasteiger partial charge in [-0.15, -0.1) is 10.2 Å². The van der Waals surface area contributed by atoms with Gasteiger partial charge in [-0.3, -0.25) is 14.5 Å². The lowest BCUT2D eigenvalue weighted by atomic mass is 10.1. The molecule has 1 fully saturated rings. The van der Waals surface area contributed by atoms with Gasteiger partial charge in [0.05, 0.1) is 11.3 Å². The number of nitrogens with zero attached hydrogens (tertiary/aromatic N) is 3. The van der Waals surface area contributed by atoms with Gasteiger partial charge in [-0.25, -0.2) is 0 Å². The van der Waals surface area contributed by atoms with Gasteiger partial charge in [-0.05, 0) is 41.5 Å². The molecule has 168 valence electrons. The van der Waals surface area contributed by atoms with Gasteiger partial charge < -0.3 is 9.73 Å². The lowest BCUT2D eigenvalue weighted by molar-refractivity contribution is -0.122. The normalized spacial score (nSPS) is 14.8. The lowest BCUT2D eigenvalue weighted by Gasteiger charge is -2.14. The smallest absolute Gasteiger partial charge is 0.266 e. The first-order valence-corrected chi connectivity index (χ1v) is 11.7. The maximum absolute atomic E-state index is 12.7. The number of thioether (sulfide) groups is 1. The van der Waals surface area contributed by atoms with Crippen LogP contribution < -0.4 is 5.32 Å². The zero-order valence-electron chi connectivity index (χ0n) is 17.6. The van der Waals surface area contributed by atoms with E-state index in [4.69, 9.17) is 28.2 Å². The van der Waals surface area contributed by atoms with Gasteiger partial charge in [0.15, 0.2) is 0 Å². The molecule has 0 atom stereocenters.